The molecule has 6 rings (SSSR count). The maximum atomic E-state index is 14.7. The summed E-state index contributed by atoms with van der Waals surface area (Å²) in [6.45, 7) is 12.6. The molecule has 1 atom stereocenters. The molecule has 1 unspecified atom stereocenters. The molecule has 2 aromatic carbocycles. The van der Waals surface area contributed by atoms with Gasteiger partial charge in [0.2, 0.25) is 23.1 Å². The maximum Gasteiger partial charge on any atom is 0.339 e. The number of alkyl halides is 1. The van der Waals surface area contributed by atoms with Crippen molar-refractivity contribution < 1.29 is 57.3 Å². The highest BCUT2D eigenvalue weighted by molar-refractivity contribution is 7.51. The SMILES string of the molecule is C#CCN1C(=O)COc2cc(F)c(N3C(=O)C4=C(CCCC4)C3=O)cc21.CCNc1nc(Cl)nc(NC(C)C)n1.CCc1cccc(C)c1N(C(=O)CCl)C(C)COC.O=C(O)CNCP(=O)(O)O. The van der Waals surface area contributed by atoms with Crippen molar-refractivity contribution in [3.05, 3.63) is 63.7 Å². The normalized spacial score (nSPS) is 14.4. The molecule has 0 radical (unpaired) electrons. The number of para-hydroxylation sites is 1. The molecule has 69 heavy (non-hydrogen) atoms. The number of amides is 4. The number of nitrogens with zero attached hydrogens (tertiary/aromatic N) is 6. The summed E-state index contributed by atoms with van der Waals surface area (Å²) in [6, 6.07) is 8.68. The number of ether oxygens (including phenoxy) is 2. The minimum Gasteiger partial charge on any atom is -0.481 e. The number of carbonyl (C=O) groups excluding carboxylic acids is 4. The van der Waals surface area contributed by atoms with Crippen LogP contribution in [0.15, 0.2) is 41.5 Å². The largest absolute Gasteiger partial charge is 0.481 e. The van der Waals surface area contributed by atoms with Crippen LogP contribution in [0.25, 0.3) is 0 Å². The zero-order valence-electron chi connectivity index (χ0n) is 39.5. The number of benzene rings is 2. The minimum absolute atomic E-state index is 0.0170. The number of aromatic nitrogens is 3. The molecule has 0 bridgehead atoms. The second kappa shape index (κ2) is 27.5. The second-order valence-electron chi connectivity index (χ2n) is 15.7. The topological polar surface area (TPSA) is 266 Å². The Bertz CT molecular complexity index is 2420. The van der Waals surface area contributed by atoms with Gasteiger partial charge in [-0.1, -0.05) is 31.0 Å². The number of rotatable bonds is 16. The number of anilines is 5. The lowest BCUT2D eigenvalue weighted by molar-refractivity contribution is -0.136. The van der Waals surface area contributed by atoms with Gasteiger partial charge in [-0.15, -0.1) is 18.0 Å². The Hall–Kier alpha value is -5.72. The van der Waals surface area contributed by atoms with E-state index in [1.165, 1.54) is 11.0 Å². The van der Waals surface area contributed by atoms with Crippen LogP contribution in [0.1, 0.15) is 71.4 Å². The van der Waals surface area contributed by atoms with Crippen LogP contribution in [0, 0.1) is 25.1 Å². The smallest absolute Gasteiger partial charge is 0.339 e. The molecule has 0 fully saturated rings. The van der Waals surface area contributed by atoms with Gasteiger partial charge in [-0.05, 0) is 95.5 Å². The highest BCUT2D eigenvalue weighted by Crippen LogP contribution is 2.42. The van der Waals surface area contributed by atoms with Gasteiger partial charge >= 0.3 is 13.6 Å². The van der Waals surface area contributed by atoms with E-state index in [2.05, 4.69) is 49.8 Å². The lowest BCUT2D eigenvalue weighted by Crippen LogP contribution is -2.43. The molecule has 4 amide bonds. The fourth-order valence-electron chi connectivity index (χ4n) is 7.14. The molecule has 24 heteroatoms. The van der Waals surface area contributed by atoms with E-state index in [0.29, 0.717) is 42.5 Å². The fraction of sp³-hybridized carbons (Fsp3) is 0.467. The standard InChI is InChI=1S/C19H15FN2O4.C15H22ClNO2.C8H14ClN5.C3H8NO5P/c1-2-7-21-15-9-14(13(20)8-16(15)26-10-17(21)23)22-18(24)11-5-3-4-6-12(11)19(22)25;1-5-13-8-6-7-11(2)15(13)17(14(18)9-16)12(3)10-19-4;1-4-10-7-12-6(9)13-8(14-7)11-5(2)3;5-3(6)1-4-2-10(7,8)9/h1,8-9H,3-7,10H2;6-8,12H,5,9-10H2,1-4H3;5H,4H2,1-3H3,(H2,10,11,12,13,14);4H,1-2H2,(H,5,6)(H2,7,8,9). The number of imide groups is 1. The second-order valence-corrected chi connectivity index (χ2v) is 18.0. The first kappa shape index (κ1) is 57.6. The van der Waals surface area contributed by atoms with Crippen molar-refractivity contribution in [2.24, 2.45) is 0 Å². The Kier molecular flexibility index (Phi) is 22.9. The third kappa shape index (κ3) is 16.7. The quantitative estimate of drug-likeness (QED) is 0.0437. The van der Waals surface area contributed by atoms with Crippen LogP contribution in [0.5, 0.6) is 5.75 Å². The highest BCUT2D eigenvalue weighted by Gasteiger charge is 2.42. The number of nitrogens with one attached hydrogen (secondary N) is 3. The number of aryl methyl sites for hydroxylation is 2. The fourth-order valence-corrected chi connectivity index (χ4v) is 7.84. The van der Waals surface area contributed by atoms with Crippen LogP contribution < -0.4 is 35.4 Å². The van der Waals surface area contributed by atoms with E-state index in [1.54, 1.807) is 12.0 Å². The van der Waals surface area contributed by atoms with Gasteiger partial charge in [0.1, 0.15) is 11.6 Å². The molecule has 0 saturated carbocycles. The zero-order valence-corrected chi connectivity index (χ0v) is 41.9. The number of methoxy groups -OCH3 is 1. The zero-order chi connectivity index (χ0) is 51.6. The predicted molar refractivity (Wildman–Crippen MR) is 261 cm³/mol. The number of aliphatic carboxylic acids is 1. The monoisotopic (exact) mass is 1020 g/mol. The molecule has 3 aliphatic rings. The van der Waals surface area contributed by atoms with Crippen molar-refractivity contribution in [1.29, 1.82) is 0 Å². The molecular formula is C45H59Cl2FN9O11P. The number of hydrogen-bond donors (Lipinski definition) is 6. The third-order valence-corrected chi connectivity index (χ3v) is 11.0. The van der Waals surface area contributed by atoms with Gasteiger partial charge in [0.25, 0.3) is 17.7 Å². The minimum atomic E-state index is -4.10. The Morgan fingerprint density at radius 2 is 1.68 bits per heavy atom. The van der Waals surface area contributed by atoms with E-state index < -0.39 is 44.0 Å². The number of halogens is 3. The molecule has 2 aliphatic heterocycles. The summed E-state index contributed by atoms with van der Waals surface area (Å²) in [6.07, 6.45) is 8.29. The number of terminal acetylenes is 1. The van der Waals surface area contributed by atoms with Gasteiger partial charge in [-0.2, -0.15) is 15.0 Å². The predicted octanol–water partition coefficient (Wildman–Crippen LogP) is 5.67. The van der Waals surface area contributed by atoms with E-state index in [9.17, 15) is 32.9 Å². The van der Waals surface area contributed by atoms with Gasteiger partial charge in [0.05, 0.1) is 49.1 Å². The number of carbonyl (C=O) groups is 5. The Morgan fingerprint density at radius 3 is 2.22 bits per heavy atom. The summed E-state index contributed by atoms with van der Waals surface area (Å²) in [5.74, 6) is 0.143. The average Bonchev–Trinajstić information content (AvgIpc) is 3.53. The number of carboxylic acids is 1. The Morgan fingerprint density at radius 1 is 1.04 bits per heavy atom. The van der Waals surface area contributed by atoms with Gasteiger partial charge in [0.15, 0.2) is 12.4 Å². The van der Waals surface area contributed by atoms with Crippen molar-refractivity contribution in [2.45, 2.75) is 85.7 Å². The van der Waals surface area contributed by atoms with E-state index in [1.807, 2.05) is 46.8 Å². The molecule has 0 spiro atoms. The Labute approximate surface area is 410 Å². The summed E-state index contributed by atoms with van der Waals surface area (Å²) >= 11 is 11.5. The maximum absolute atomic E-state index is 14.7. The lowest BCUT2D eigenvalue weighted by atomic mass is 9.93. The van der Waals surface area contributed by atoms with Crippen LogP contribution in [-0.4, -0.2) is 124 Å². The van der Waals surface area contributed by atoms with Gasteiger partial charge in [0, 0.05) is 36.9 Å². The number of fused-ring (bicyclic) bond motifs is 1. The van der Waals surface area contributed by atoms with E-state index in [0.717, 1.165) is 53.6 Å². The van der Waals surface area contributed by atoms with Crippen molar-refractivity contribution >= 4 is 89.4 Å². The molecule has 0 saturated heterocycles. The van der Waals surface area contributed by atoms with E-state index in [4.69, 9.17) is 54.0 Å². The van der Waals surface area contributed by atoms with E-state index in [-0.39, 0.29) is 65.3 Å². The lowest BCUT2D eigenvalue weighted by Gasteiger charge is -2.31. The first-order valence-corrected chi connectivity index (χ1v) is 24.5. The molecule has 376 valence electrons. The van der Waals surface area contributed by atoms with Crippen LogP contribution in [0.4, 0.5) is 33.3 Å². The summed E-state index contributed by atoms with van der Waals surface area (Å²) in [5, 5.41) is 16.3. The molecule has 1 aliphatic carbocycles. The summed E-state index contributed by atoms with van der Waals surface area (Å²) in [7, 11) is -2.46. The highest BCUT2D eigenvalue weighted by atomic mass is 35.5. The van der Waals surface area contributed by atoms with Crippen molar-refractivity contribution in [1.82, 2.24) is 20.3 Å². The third-order valence-electron chi connectivity index (χ3n) is 9.98. The summed E-state index contributed by atoms with van der Waals surface area (Å²) in [4.78, 5) is 91.7. The molecule has 20 nitrogen and oxygen atoms in total. The van der Waals surface area contributed by atoms with Crippen LogP contribution >= 0.6 is 30.8 Å². The molecule has 6 N–H and O–H groups in total. The van der Waals surface area contributed by atoms with Crippen LogP contribution in [0.3, 0.4) is 0 Å². The first-order chi connectivity index (χ1) is 32.6. The van der Waals surface area contributed by atoms with E-state index >= 15 is 0 Å². The molecule has 3 aromatic rings. The first-order valence-electron chi connectivity index (χ1n) is 21.8. The Balaban J connectivity index is 0.000000259. The molecule has 1 aromatic heterocycles. The van der Waals surface area contributed by atoms with Crippen molar-refractivity contribution in [2.75, 3.05) is 77.5 Å². The van der Waals surface area contributed by atoms with Crippen molar-refractivity contribution in [3.63, 3.8) is 0 Å². The summed E-state index contributed by atoms with van der Waals surface area (Å²) < 4.78 is 35.2. The van der Waals surface area contributed by atoms with Crippen LogP contribution in [0.2, 0.25) is 5.28 Å². The van der Waals surface area contributed by atoms with Crippen molar-refractivity contribution in [3.8, 4) is 18.1 Å². The van der Waals surface area contributed by atoms with Gasteiger partial charge in [-0.3, -0.25) is 38.8 Å². The number of carboxylic acid groups (broad SMARTS) is 1. The van der Waals surface area contributed by atoms with Gasteiger partial charge < -0.3 is 39.9 Å². The molecular weight excluding hydrogens is 963 g/mol. The van der Waals surface area contributed by atoms with Gasteiger partial charge in [-0.25, -0.2) is 9.29 Å². The number of hydrogen-bond acceptors (Lipinski definition) is 14. The summed E-state index contributed by atoms with van der Waals surface area (Å²) in [5.41, 5.74) is 4.20. The molecule has 3 heterocycles. The van der Waals surface area contributed by atoms with Crippen LogP contribution in [-0.2, 0) is 39.7 Å². The average molecular weight is 1020 g/mol.